The molecule has 20 heavy (non-hydrogen) atoms. The van der Waals surface area contributed by atoms with E-state index in [2.05, 4.69) is 0 Å². The summed E-state index contributed by atoms with van der Waals surface area (Å²) in [6, 6.07) is 2.88. The molecule has 114 valence electrons. The Morgan fingerprint density at radius 2 is 1.95 bits per heavy atom. The van der Waals surface area contributed by atoms with Crippen LogP contribution in [-0.4, -0.2) is 33.5 Å². The van der Waals surface area contributed by atoms with Crippen molar-refractivity contribution in [3.63, 3.8) is 0 Å². The highest BCUT2D eigenvalue weighted by Gasteiger charge is 2.12. The molecular formula is C15H24FNO3. The first-order valence-corrected chi connectivity index (χ1v) is 6.81. The molecule has 4 nitrogen and oxygen atoms in total. The highest BCUT2D eigenvalue weighted by atomic mass is 19.1. The van der Waals surface area contributed by atoms with Gasteiger partial charge in [-0.05, 0) is 31.5 Å². The molecule has 0 bridgehead atoms. The van der Waals surface area contributed by atoms with Crippen LogP contribution >= 0.6 is 0 Å². The number of methoxy groups -OCH3 is 1. The van der Waals surface area contributed by atoms with Gasteiger partial charge in [-0.3, -0.25) is 0 Å². The Morgan fingerprint density at radius 3 is 2.60 bits per heavy atom. The van der Waals surface area contributed by atoms with Crippen molar-refractivity contribution < 1.29 is 18.6 Å². The summed E-state index contributed by atoms with van der Waals surface area (Å²) in [6.45, 7) is 5.81. The second kappa shape index (κ2) is 8.89. The molecule has 0 fully saturated rings. The van der Waals surface area contributed by atoms with Crippen molar-refractivity contribution in [2.24, 2.45) is 5.73 Å². The molecule has 1 rings (SSSR count). The molecule has 1 aromatic rings. The third kappa shape index (κ3) is 5.45. The monoisotopic (exact) mass is 285 g/mol. The van der Waals surface area contributed by atoms with Gasteiger partial charge in [-0.2, -0.15) is 0 Å². The summed E-state index contributed by atoms with van der Waals surface area (Å²) in [5, 5.41) is 0. The van der Waals surface area contributed by atoms with Crippen LogP contribution in [0.3, 0.4) is 0 Å². The number of halogens is 1. The lowest BCUT2D eigenvalue weighted by molar-refractivity contribution is 0.0643. The molecule has 0 saturated carbocycles. The fraction of sp³-hybridized carbons (Fsp3) is 0.600. The minimum Gasteiger partial charge on any atom is -0.493 e. The minimum absolute atomic E-state index is 0.257. The summed E-state index contributed by atoms with van der Waals surface area (Å²) in [5.74, 6) is 0.392. The molecule has 1 aromatic carbocycles. The van der Waals surface area contributed by atoms with Crippen molar-refractivity contribution in [1.29, 1.82) is 0 Å². The van der Waals surface area contributed by atoms with E-state index in [1.807, 2.05) is 6.92 Å². The Bertz CT molecular complexity index is 410. The molecule has 0 aliphatic carbocycles. The van der Waals surface area contributed by atoms with Gasteiger partial charge < -0.3 is 19.9 Å². The Kier molecular flexibility index (Phi) is 7.51. The molecule has 0 spiro atoms. The Balaban J connectivity index is 2.45. The number of aryl methyl sites for hydroxylation is 1. The maximum Gasteiger partial charge on any atom is 0.126 e. The van der Waals surface area contributed by atoms with E-state index in [0.29, 0.717) is 43.3 Å². The van der Waals surface area contributed by atoms with E-state index in [4.69, 9.17) is 19.9 Å². The molecule has 0 saturated heterocycles. The lowest BCUT2D eigenvalue weighted by atomic mass is 10.1. The molecule has 5 heteroatoms. The largest absolute Gasteiger partial charge is 0.493 e. The second-order valence-electron chi connectivity index (χ2n) is 4.74. The molecule has 0 heterocycles. The molecule has 1 unspecified atom stereocenters. The number of hydrogen-bond donors (Lipinski definition) is 1. The van der Waals surface area contributed by atoms with Crippen molar-refractivity contribution in [1.82, 2.24) is 0 Å². The molecular weight excluding hydrogens is 261 g/mol. The summed E-state index contributed by atoms with van der Waals surface area (Å²) in [4.78, 5) is 0. The predicted octanol–water partition coefficient (Wildman–Crippen LogP) is 2.59. The van der Waals surface area contributed by atoms with Crippen molar-refractivity contribution in [3.05, 3.63) is 29.1 Å². The highest BCUT2D eigenvalue weighted by molar-refractivity contribution is 5.39. The third-order valence-corrected chi connectivity index (χ3v) is 2.90. The van der Waals surface area contributed by atoms with Crippen LogP contribution < -0.4 is 10.5 Å². The first kappa shape index (κ1) is 16.9. The van der Waals surface area contributed by atoms with E-state index in [1.54, 1.807) is 20.1 Å². The van der Waals surface area contributed by atoms with Gasteiger partial charge in [-0.25, -0.2) is 4.39 Å². The second-order valence-corrected chi connectivity index (χ2v) is 4.74. The maximum atomic E-state index is 13.5. The van der Waals surface area contributed by atoms with Gasteiger partial charge in [-0.1, -0.05) is 0 Å². The molecule has 0 aliphatic rings. The number of benzene rings is 1. The summed E-state index contributed by atoms with van der Waals surface area (Å²) >= 11 is 0. The van der Waals surface area contributed by atoms with Gasteiger partial charge in [0.1, 0.15) is 11.6 Å². The summed E-state index contributed by atoms with van der Waals surface area (Å²) in [6.07, 6.45) is 0.762. The van der Waals surface area contributed by atoms with Crippen molar-refractivity contribution in [2.45, 2.75) is 26.3 Å². The minimum atomic E-state index is -0.266. The lowest BCUT2D eigenvalue weighted by Crippen LogP contribution is -2.11. The van der Waals surface area contributed by atoms with Crippen LogP contribution in [0.4, 0.5) is 4.39 Å². The van der Waals surface area contributed by atoms with Crippen LogP contribution in [0.5, 0.6) is 5.75 Å². The average Bonchev–Trinajstić information content (AvgIpc) is 2.41. The highest BCUT2D eigenvalue weighted by Crippen LogP contribution is 2.27. The van der Waals surface area contributed by atoms with Gasteiger partial charge in [0, 0.05) is 31.7 Å². The predicted molar refractivity (Wildman–Crippen MR) is 76.5 cm³/mol. The van der Waals surface area contributed by atoms with Crippen LogP contribution in [0.25, 0.3) is 0 Å². The van der Waals surface area contributed by atoms with Crippen LogP contribution in [0.2, 0.25) is 0 Å². The van der Waals surface area contributed by atoms with Crippen LogP contribution in [0.1, 0.15) is 30.5 Å². The van der Waals surface area contributed by atoms with E-state index in [1.165, 1.54) is 6.07 Å². The first-order valence-electron chi connectivity index (χ1n) is 6.81. The van der Waals surface area contributed by atoms with E-state index >= 15 is 0 Å². The van der Waals surface area contributed by atoms with Crippen LogP contribution in [0, 0.1) is 12.7 Å². The Hall–Kier alpha value is -1.17. The first-order chi connectivity index (χ1) is 9.56. The van der Waals surface area contributed by atoms with E-state index in [9.17, 15) is 4.39 Å². The number of hydrogen-bond acceptors (Lipinski definition) is 4. The van der Waals surface area contributed by atoms with Crippen molar-refractivity contribution in [3.8, 4) is 5.75 Å². The van der Waals surface area contributed by atoms with Gasteiger partial charge in [0.15, 0.2) is 0 Å². The van der Waals surface area contributed by atoms with Crippen LogP contribution in [0.15, 0.2) is 12.1 Å². The van der Waals surface area contributed by atoms with E-state index in [-0.39, 0.29) is 11.9 Å². The van der Waals surface area contributed by atoms with Gasteiger partial charge in [0.2, 0.25) is 0 Å². The molecule has 2 N–H and O–H groups in total. The van der Waals surface area contributed by atoms with Crippen molar-refractivity contribution >= 4 is 0 Å². The topological polar surface area (TPSA) is 53.7 Å². The molecule has 0 aromatic heterocycles. The zero-order valence-corrected chi connectivity index (χ0v) is 12.4. The Morgan fingerprint density at radius 1 is 1.20 bits per heavy atom. The molecule has 0 amide bonds. The summed E-state index contributed by atoms with van der Waals surface area (Å²) in [7, 11) is 1.64. The molecule has 0 aliphatic heterocycles. The third-order valence-electron chi connectivity index (χ3n) is 2.90. The van der Waals surface area contributed by atoms with Crippen LogP contribution in [-0.2, 0) is 9.47 Å². The quantitative estimate of drug-likeness (QED) is 0.709. The van der Waals surface area contributed by atoms with Crippen molar-refractivity contribution in [2.75, 3.05) is 33.5 Å². The van der Waals surface area contributed by atoms with Gasteiger partial charge >= 0.3 is 0 Å². The average molecular weight is 285 g/mol. The van der Waals surface area contributed by atoms with Gasteiger partial charge in [0.25, 0.3) is 0 Å². The Labute approximate surface area is 120 Å². The molecule has 0 radical (unpaired) electrons. The zero-order chi connectivity index (χ0) is 15.0. The number of ether oxygens (including phenoxy) is 3. The smallest absolute Gasteiger partial charge is 0.126 e. The fourth-order valence-electron chi connectivity index (χ4n) is 1.74. The summed E-state index contributed by atoms with van der Waals surface area (Å²) < 4.78 is 29.4. The van der Waals surface area contributed by atoms with E-state index < -0.39 is 0 Å². The SMILES string of the molecule is COCCOCCCOc1cc(C)c(F)cc1C(C)N. The molecule has 1 atom stereocenters. The standard InChI is InChI=1S/C15H24FNO3/c1-11-9-15(13(12(2)17)10-14(11)16)20-6-4-5-19-8-7-18-3/h9-10,12H,4-8,17H2,1-3H3. The number of nitrogens with two attached hydrogens (primary N) is 1. The maximum absolute atomic E-state index is 13.5. The normalized spacial score (nSPS) is 12.4. The van der Waals surface area contributed by atoms with Gasteiger partial charge in [0.05, 0.1) is 19.8 Å². The zero-order valence-electron chi connectivity index (χ0n) is 12.4. The summed E-state index contributed by atoms with van der Waals surface area (Å²) in [5.41, 5.74) is 7.08. The number of rotatable bonds is 9. The fourth-order valence-corrected chi connectivity index (χ4v) is 1.74. The van der Waals surface area contributed by atoms with Gasteiger partial charge in [-0.15, -0.1) is 0 Å². The van der Waals surface area contributed by atoms with E-state index in [0.717, 1.165) is 6.42 Å². The lowest BCUT2D eigenvalue weighted by Gasteiger charge is -2.15.